The third-order valence-electron chi connectivity index (χ3n) is 3.34. The van der Waals surface area contributed by atoms with Crippen molar-refractivity contribution in [2.45, 2.75) is 6.92 Å². The first-order chi connectivity index (χ1) is 10.6. The minimum absolute atomic E-state index is 0.0236. The summed E-state index contributed by atoms with van der Waals surface area (Å²) in [4.78, 5) is 13.7. The zero-order valence-electron chi connectivity index (χ0n) is 11.7. The number of aromatic carboxylic acids is 1. The molecule has 6 heteroatoms. The number of aromatic nitrogens is 1. The van der Waals surface area contributed by atoms with Gasteiger partial charge in [-0.05, 0) is 30.2 Å². The maximum absolute atomic E-state index is 10.8. The van der Waals surface area contributed by atoms with Crippen LogP contribution in [0.15, 0.2) is 52.7 Å². The number of para-hydroxylation sites is 1. The summed E-state index contributed by atoms with van der Waals surface area (Å²) in [5.41, 5.74) is 2.47. The smallest absolute Gasteiger partial charge is 0.218 e. The number of azo groups is 1. The van der Waals surface area contributed by atoms with Gasteiger partial charge in [0.05, 0.1) is 17.2 Å². The van der Waals surface area contributed by atoms with Crippen molar-refractivity contribution in [3.05, 3.63) is 53.6 Å². The number of aryl methyl sites for hydroxylation is 1. The first-order valence-electron chi connectivity index (χ1n) is 6.59. The average molecular weight is 294 g/mol. The van der Waals surface area contributed by atoms with Crippen LogP contribution in [0.5, 0.6) is 5.88 Å². The largest absolute Gasteiger partial charge is 0.545 e. The summed E-state index contributed by atoms with van der Waals surface area (Å²) in [6, 6.07) is 11.6. The molecule has 0 spiro atoms. The molecule has 2 N–H and O–H groups in total. The molecule has 0 aliphatic carbocycles. The first-order valence-corrected chi connectivity index (χ1v) is 6.59. The zero-order valence-corrected chi connectivity index (χ0v) is 11.7. The van der Waals surface area contributed by atoms with Crippen molar-refractivity contribution in [1.29, 1.82) is 0 Å². The lowest BCUT2D eigenvalue weighted by Crippen LogP contribution is -2.21. The van der Waals surface area contributed by atoms with Crippen LogP contribution in [0.1, 0.15) is 15.9 Å². The lowest BCUT2D eigenvalue weighted by atomic mass is 10.1. The topological polar surface area (TPSA) is 101 Å². The summed E-state index contributed by atoms with van der Waals surface area (Å²) in [5.74, 6) is -1.35. The summed E-state index contributed by atoms with van der Waals surface area (Å²) >= 11 is 0. The fourth-order valence-corrected chi connectivity index (χ4v) is 2.24. The van der Waals surface area contributed by atoms with Crippen LogP contribution in [0, 0.1) is 6.92 Å². The number of H-pyrrole nitrogens is 1. The Morgan fingerprint density at radius 1 is 1.18 bits per heavy atom. The van der Waals surface area contributed by atoms with Crippen molar-refractivity contribution in [2.24, 2.45) is 10.2 Å². The molecular weight excluding hydrogens is 282 g/mol. The van der Waals surface area contributed by atoms with Crippen LogP contribution in [-0.4, -0.2) is 16.1 Å². The highest BCUT2D eigenvalue weighted by Gasteiger charge is 2.11. The van der Waals surface area contributed by atoms with Crippen LogP contribution in [0.4, 0.5) is 11.4 Å². The monoisotopic (exact) mass is 294 g/mol. The number of aromatic amines is 1. The third kappa shape index (κ3) is 2.42. The molecule has 1 aromatic heterocycles. The summed E-state index contributed by atoms with van der Waals surface area (Å²) in [6.07, 6.45) is 0. The highest BCUT2D eigenvalue weighted by molar-refractivity contribution is 5.95. The first kappa shape index (κ1) is 13.8. The van der Waals surface area contributed by atoms with E-state index in [4.69, 9.17) is 0 Å². The molecule has 0 aliphatic rings. The van der Waals surface area contributed by atoms with Crippen molar-refractivity contribution in [3.63, 3.8) is 0 Å². The molecular formula is C16H12N3O3-. The molecule has 0 atom stereocenters. The van der Waals surface area contributed by atoms with E-state index < -0.39 is 5.97 Å². The molecule has 2 aromatic carbocycles. The SMILES string of the molecule is Cc1cccc2c(N=Nc3cccc(C(=O)[O-])c3)c(O)[nH]c12. The van der Waals surface area contributed by atoms with Crippen LogP contribution in [0.2, 0.25) is 0 Å². The van der Waals surface area contributed by atoms with Crippen molar-refractivity contribution in [2.75, 3.05) is 0 Å². The van der Waals surface area contributed by atoms with Gasteiger partial charge in [0.15, 0.2) is 5.69 Å². The molecule has 3 aromatic rings. The normalized spacial score (nSPS) is 11.3. The molecule has 3 rings (SSSR count). The zero-order chi connectivity index (χ0) is 15.7. The lowest BCUT2D eigenvalue weighted by Gasteiger charge is -2.01. The second-order valence-electron chi connectivity index (χ2n) is 4.86. The molecule has 0 unspecified atom stereocenters. The molecule has 6 nitrogen and oxygen atoms in total. The number of carboxylic acids is 1. The van der Waals surface area contributed by atoms with Gasteiger partial charge in [-0.25, -0.2) is 0 Å². The Kier molecular flexibility index (Phi) is 3.34. The van der Waals surface area contributed by atoms with Crippen LogP contribution >= 0.6 is 0 Å². The van der Waals surface area contributed by atoms with E-state index in [9.17, 15) is 15.0 Å². The number of fused-ring (bicyclic) bond motifs is 1. The minimum Gasteiger partial charge on any atom is -0.545 e. The Morgan fingerprint density at radius 2 is 1.95 bits per heavy atom. The summed E-state index contributed by atoms with van der Waals surface area (Å²) in [5, 5.41) is 29.6. The Bertz CT molecular complexity index is 897. The van der Waals surface area contributed by atoms with E-state index in [0.29, 0.717) is 11.4 Å². The van der Waals surface area contributed by atoms with E-state index in [0.717, 1.165) is 16.5 Å². The van der Waals surface area contributed by atoms with Gasteiger partial charge >= 0.3 is 0 Å². The second kappa shape index (κ2) is 5.33. The molecule has 110 valence electrons. The summed E-state index contributed by atoms with van der Waals surface area (Å²) in [7, 11) is 0. The Hall–Kier alpha value is -3.15. The summed E-state index contributed by atoms with van der Waals surface area (Å²) < 4.78 is 0. The Morgan fingerprint density at radius 3 is 2.73 bits per heavy atom. The maximum atomic E-state index is 10.8. The predicted molar refractivity (Wildman–Crippen MR) is 79.6 cm³/mol. The number of hydrogen-bond donors (Lipinski definition) is 2. The third-order valence-corrected chi connectivity index (χ3v) is 3.34. The second-order valence-corrected chi connectivity index (χ2v) is 4.86. The molecule has 0 bridgehead atoms. The molecule has 0 aliphatic heterocycles. The lowest BCUT2D eigenvalue weighted by molar-refractivity contribution is -0.255. The van der Waals surface area contributed by atoms with E-state index >= 15 is 0 Å². The number of nitrogens with zero attached hydrogens (tertiary/aromatic N) is 2. The van der Waals surface area contributed by atoms with Crippen molar-refractivity contribution in [1.82, 2.24) is 4.98 Å². The highest BCUT2D eigenvalue weighted by Crippen LogP contribution is 2.37. The van der Waals surface area contributed by atoms with Gasteiger partial charge in [0.1, 0.15) is 0 Å². The van der Waals surface area contributed by atoms with Crippen LogP contribution in [-0.2, 0) is 0 Å². The molecule has 0 amide bonds. The van der Waals surface area contributed by atoms with E-state index in [1.54, 1.807) is 12.1 Å². The quantitative estimate of drug-likeness (QED) is 0.726. The number of carbonyl (C=O) groups excluding carboxylic acids is 1. The highest BCUT2D eigenvalue weighted by atomic mass is 16.4. The van der Waals surface area contributed by atoms with Crippen LogP contribution < -0.4 is 5.11 Å². The van der Waals surface area contributed by atoms with Crippen molar-refractivity contribution < 1.29 is 15.0 Å². The Labute approximate surface area is 125 Å². The van der Waals surface area contributed by atoms with Crippen molar-refractivity contribution >= 4 is 28.2 Å². The number of nitrogens with one attached hydrogen (secondary N) is 1. The van der Waals surface area contributed by atoms with Gasteiger partial charge in [-0.2, -0.15) is 5.11 Å². The number of aromatic hydroxyl groups is 1. The van der Waals surface area contributed by atoms with E-state index in [-0.39, 0.29) is 11.4 Å². The van der Waals surface area contributed by atoms with Gasteiger partial charge in [-0.15, -0.1) is 5.11 Å². The van der Waals surface area contributed by atoms with E-state index in [1.807, 2.05) is 25.1 Å². The molecule has 0 radical (unpaired) electrons. The minimum atomic E-state index is -1.28. The molecule has 0 saturated carbocycles. The van der Waals surface area contributed by atoms with E-state index in [2.05, 4.69) is 15.2 Å². The summed E-state index contributed by atoms with van der Waals surface area (Å²) in [6.45, 7) is 1.92. The van der Waals surface area contributed by atoms with Gasteiger partial charge in [-0.3, -0.25) is 0 Å². The van der Waals surface area contributed by atoms with Gasteiger partial charge in [0.25, 0.3) is 0 Å². The number of hydrogen-bond acceptors (Lipinski definition) is 5. The fraction of sp³-hybridized carbons (Fsp3) is 0.0625. The number of benzene rings is 2. The molecule has 0 fully saturated rings. The maximum Gasteiger partial charge on any atom is 0.218 e. The van der Waals surface area contributed by atoms with Gasteiger partial charge in [0, 0.05) is 5.39 Å². The van der Waals surface area contributed by atoms with Crippen LogP contribution in [0.25, 0.3) is 10.9 Å². The predicted octanol–water partition coefficient (Wildman–Crippen LogP) is 2.96. The standard InChI is InChI=1S/C16H13N3O3/c1-9-4-2-7-12-13(9)17-15(20)14(12)19-18-11-6-3-5-10(8-11)16(21)22/h2-8,17,20H,1H3,(H,21,22)/p-1. The molecule has 22 heavy (non-hydrogen) atoms. The van der Waals surface area contributed by atoms with Crippen LogP contribution in [0.3, 0.4) is 0 Å². The van der Waals surface area contributed by atoms with Gasteiger partial charge in [-0.1, -0.05) is 30.3 Å². The number of rotatable bonds is 3. The van der Waals surface area contributed by atoms with E-state index in [1.165, 1.54) is 12.1 Å². The van der Waals surface area contributed by atoms with Gasteiger partial charge < -0.3 is 20.0 Å². The fourth-order valence-electron chi connectivity index (χ4n) is 2.24. The number of carboxylic acid groups (broad SMARTS) is 1. The number of carbonyl (C=O) groups is 1. The van der Waals surface area contributed by atoms with Crippen molar-refractivity contribution in [3.8, 4) is 5.88 Å². The average Bonchev–Trinajstić information content (AvgIpc) is 2.83. The molecule has 1 heterocycles. The Balaban J connectivity index is 2.03. The molecule has 0 saturated heterocycles. The van der Waals surface area contributed by atoms with Gasteiger partial charge in [0.2, 0.25) is 5.88 Å².